The number of hydrogen-bond donors (Lipinski definition) is 1. The van der Waals surface area contributed by atoms with Gasteiger partial charge < -0.3 is 9.72 Å². The molecule has 3 aromatic heterocycles. The van der Waals surface area contributed by atoms with Crippen molar-refractivity contribution in [1.82, 2.24) is 29.6 Å². The van der Waals surface area contributed by atoms with Gasteiger partial charge in [0.2, 0.25) is 0 Å². The van der Waals surface area contributed by atoms with Crippen molar-refractivity contribution in [3.05, 3.63) is 42.1 Å². The molecule has 3 aromatic rings. The number of fused-ring (bicyclic) bond motifs is 1. The van der Waals surface area contributed by atoms with E-state index in [4.69, 9.17) is 4.74 Å². The number of nitrogens with one attached hydrogen (secondary N) is 1. The Labute approximate surface area is 134 Å². The van der Waals surface area contributed by atoms with Crippen LogP contribution in [0.2, 0.25) is 0 Å². The van der Waals surface area contributed by atoms with Crippen molar-refractivity contribution >= 4 is 11.2 Å². The van der Waals surface area contributed by atoms with Gasteiger partial charge in [0, 0.05) is 25.5 Å². The van der Waals surface area contributed by atoms with E-state index in [0.717, 1.165) is 49.8 Å². The molecule has 1 atom stereocenters. The molecule has 1 fully saturated rings. The molecule has 7 heteroatoms. The fraction of sp³-hybridized carbons (Fsp3) is 0.438. The zero-order valence-corrected chi connectivity index (χ0v) is 13.1. The van der Waals surface area contributed by atoms with Crippen LogP contribution in [-0.4, -0.2) is 55.4 Å². The molecule has 1 saturated heterocycles. The average molecular weight is 312 g/mol. The molecule has 1 aliphatic heterocycles. The van der Waals surface area contributed by atoms with Gasteiger partial charge >= 0.3 is 0 Å². The summed E-state index contributed by atoms with van der Waals surface area (Å²) in [6, 6.07) is 3.92. The molecule has 0 aliphatic carbocycles. The van der Waals surface area contributed by atoms with Crippen molar-refractivity contribution in [3.8, 4) is 0 Å². The molecule has 0 bridgehead atoms. The first-order valence-electron chi connectivity index (χ1n) is 7.89. The number of pyridine rings is 1. The summed E-state index contributed by atoms with van der Waals surface area (Å²) in [5.41, 5.74) is 2.94. The van der Waals surface area contributed by atoms with E-state index in [1.165, 1.54) is 5.56 Å². The van der Waals surface area contributed by atoms with Gasteiger partial charge in [-0.15, -0.1) is 0 Å². The molecule has 7 nitrogen and oxygen atoms in total. The minimum Gasteiger partial charge on any atom is -0.374 e. The van der Waals surface area contributed by atoms with E-state index in [0.29, 0.717) is 0 Å². The molecular weight excluding hydrogens is 292 g/mol. The molecule has 0 spiro atoms. The van der Waals surface area contributed by atoms with Crippen molar-refractivity contribution in [1.29, 1.82) is 0 Å². The van der Waals surface area contributed by atoms with Crippen LogP contribution in [0, 0.1) is 6.92 Å². The summed E-state index contributed by atoms with van der Waals surface area (Å²) < 4.78 is 7.83. The van der Waals surface area contributed by atoms with E-state index in [1.54, 1.807) is 6.20 Å². The van der Waals surface area contributed by atoms with Crippen LogP contribution < -0.4 is 0 Å². The molecule has 0 aromatic carbocycles. The van der Waals surface area contributed by atoms with Crippen LogP contribution in [0.1, 0.15) is 11.4 Å². The maximum Gasteiger partial charge on any atom is 0.177 e. The molecular formula is C16H20N6O. The summed E-state index contributed by atoms with van der Waals surface area (Å²) in [6.45, 7) is 6.15. The van der Waals surface area contributed by atoms with Crippen molar-refractivity contribution < 1.29 is 4.74 Å². The minimum atomic E-state index is 0.158. The molecule has 0 amide bonds. The number of morpholine rings is 1. The predicted molar refractivity (Wildman–Crippen MR) is 85.9 cm³/mol. The van der Waals surface area contributed by atoms with Crippen LogP contribution in [0.3, 0.4) is 0 Å². The first-order chi connectivity index (χ1) is 11.3. The van der Waals surface area contributed by atoms with Gasteiger partial charge in [-0.25, -0.2) is 9.97 Å². The van der Waals surface area contributed by atoms with E-state index in [1.807, 2.05) is 36.1 Å². The lowest BCUT2D eigenvalue weighted by Crippen LogP contribution is -2.43. The highest BCUT2D eigenvalue weighted by Crippen LogP contribution is 2.13. The second kappa shape index (κ2) is 6.10. The van der Waals surface area contributed by atoms with Crippen molar-refractivity contribution in [3.63, 3.8) is 0 Å². The highest BCUT2D eigenvalue weighted by molar-refractivity contribution is 5.69. The largest absolute Gasteiger partial charge is 0.374 e. The summed E-state index contributed by atoms with van der Waals surface area (Å²) in [4.78, 5) is 14.5. The molecule has 1 aliphatic rings. The predicted octanol–water partition coefficient (Wildman–Crippen LogP) is 1.36. The maximum absolute atomic E-state index is 5.87. The van der Waals surface area contributed by atoms with Gasteiger partial charge in [-0.1, -0.05) is 0 Å². The van der Waals surface area contributed by atoms with E-state index in [9.17, 15) is 0 Å². The smallest absolute Gasteiger partial charge is 0.177 e. The van der Waals surface area contributed by atoms with E-state index in [-0.39, 0.29) is 6.10 Å². The van der Waals surface area contributed by atoms with Crippen molar-refractivity contribution in [2.45, 2.75) is 26.1 Å². The summed E-state index contributed by atoms with van der Waals surface area (Å²) >= 11 is 0. The maximum atomic E-state index is 5.87. The van der Waals surface area contributed by atoms with Crippen LogP contribution in [0.25, 0.3) is 11.2 Å². The summed E-state index contributed by atoms with van der Waals surface area (Å²) in [6.07, 6.45) is 5.85. The summed E-state index contributed by atoms with van der Waals surface area (Å²) in [5.74, 6) is 0.953. The monoisotopic (exact) mass is 312 g/mol. The Bertz CT molecular complexity index is 762. The lowest BCUT2D eigenvalue weighted by Gasteiger charge is -2.32. The molecule has 0 saturated carbocycles. The molecule has 0 unspecified atom stereocenters. The second-order valence-corrected chi connectivity index (χ2v) is 6.03. The Kier molecular flexibility index (Phi) is 3.80. The first kappa shape index (κ1) is 14.3. The quantitative estimate of drug-likeness (QED) is 0.787. The third kappa shape index (κ3) is 3.25. The number of aromatic amines is 1. The topological polar surface area (TPSA) is 71.9 Å². The fourth-order valence-electron chi connectivity index (χ4n) is 2.99. The lowest BCUT2D eigenvalue weighted by atomic mass is 10.2. The van der Waals surface area contributed by atoms with E-state index < -0.39 is 0 Å². The Morgan fingerprint density at radius 2 is 2.39 bits per heavy atom. The van der Waals surface area contributed by atoms with Crippen molar-refractivity contribution in [2.24, 2.45) is 0 Å². The Morgan fingerprint density at radius 3 is 3.22 bits per heavy atom. The first-order valence-corrected chi connectivity index (χ1v) is 7.89. The number of ether oxygens (including phenoxy) is 1. The third-order valence-electron chi connectivity index (χ3n) is 4.06. The van der Waals surface area contributed by atoms with Gasteiger partial charge in [0.1, 0.15) is 5.82 Å². The number of imidazole rings is 1. The zero-order chi connectivity index (χ0) is 15.6. The van der Waals surface area contributed by atoms with Crippen LogP contribution in [0.15, 0.2) is 30.7 Å². The van der Waals surface area contributed by atoms with Gasteiger partial charge in [-0.05, 0) is 24.6 Å². The van der Waals surface area contributed by atoms with E-state index in [2.05, 4.69) is 25.0 Å². The number of aryl methyl sites for hydroxylation is 1. The van der Waals surface area contributed by atoms with Crippen LogP contribution in [0.5, 0.6) is 0 Å². The number of nitrogens with zero attached hydrogens (tertiary/aromatic N) is 5. The van der Waals surface area contributed by atoms with Gasteiger partial charge in [-0.3, -0.25) is 9.58 Å². The minimum absolute atomic E-state index is 0.158. The third-order valence-corrected chi connectivity index (χ3v) is 4.06. The highest BCUT2D eigenvalue weighted by atomic mass is 16.5. The van der Waals surface area contributed by atoms with Gasteiger partial charge in [0.25, 0.3) is 0 Å². The molecule has 1 N–H and O–H groups in total. The Morgan fingerprint density at radius 1 is 1.43 bits per heavy atom. The fourth-order valence-corrected chi connectivity index (χ4v) is 2.99. The van der Waals surface area contributed by atoms with Crippen LogP contribution >= 0.6 is 0 Å². The molecule has 120 valence electrons. The SMILES string of the molecule is Cc1cnn(C[C@@H]2CN(Cc3nc4ncccc4[nH]3)CCO2)c1. The Balaban J connectivity index is 1.40. The number of hydrogen-bond acceptors (Lipinski definition) is 5. The van der Waals surface area contributed by atoms with Crippen LogP contribution in [-0.2, 0) is 17.8 Å². The molecule has 4 rings (SSSR count). The number of H-pyrrole nitrogens is 1. The zero-order valence-electron chi connectivity index (χ0n) is 13.1. The molecule has 23 heavy (non-hydrogen) atoms. The highest BCUT2D eigenvalue weighted by Gasteiger charge is 2.22. The normalized spacial score (nSPS) is 19.4. The molecule has 4 heterocycles. The van der Waals surface area contributed by atoms with Gasteiger partial charge in [0.15, 0.2) is 5.65 Å². The Hall–Kier alpha value is -2.25. The van der Waals surface area contributed by atoms with Gasteiger partial charge in [-0.2, -0.15) is 5.10 Å². The standard InChI is InChI=1S/C16H20N6O/c1-12-7-18-22(8-12)10-13-9-21(5-6-23-13)11-15-19-14-3-2-4-17-16(14)20-15/h2-4,7-8,13H,5-6,9-11H2,1H3,(H,17,19,20)/t13-/m0/s1. The summed E-state index contributed by atoms with van der Waals surface area (Å²) in [5, 5.41) is 4.34. The van der Waals surface area contributed by atoms with Crippen LogP contribution in [0.4, 0.5) is 0 Å². The molecule has 0 radical (unpaired) electrons. The lowest BCUT2D eigenvalue weighted by molar-refractivity contribution is -0.0408. The second-order valence-electron chi connectivity index (χ2n) is 6.03. The number of rotatable bonds is 4. The average Bonchev–Trinajstić information content (AvgIpc) is 3.13. The number of aromatic nitrogens is 5. The van der Waals surface area contributed by atoms with E-state index >= 15 is 0 Å². The van der Waals surface area contributed by atoms with Crippen molar-refractivity contribution in [2.75, 3.05) is 19.7 Å². The van der Waals surface area contributed by atoms with Gasteiger partial charge in [0.05, 0.1) is 37.5 Å². The summed E-state index contributed by atoms with van der Waals surface area (Å²) in [7, 11) is 0.